The van der Waals surface area contributed by atoms with Crippen LogP contribution in [0.5, 0.6) is 0 Å². The van der Waals surface area contributed by atoms with Crippen LogP contribution >= 0.6 is 11.3 Å². The van der Waals surface area contributed by atoms with E-state index in [9.17, 15) is 0 Å². The van der Waals surface area contributed by atoms with Crippen LogP contribution in [-0.2, 0) is 10.8 Å². The van der Waals surface area contributed by atoms with Gasteiger partial charge in [0.2, 0.25) is 0 Å². The molecular weight excluding hydrogens is 755 g/mol. The fourth-order valence-corrected chi connectivity index (χ4v) is 11.6. The van der Waals surface area contributed by atoms with Crippen molar-refractivity contribution < 1.29 is 0 Å². The van der Waals surface area contributed by atoms with E-state index < -0.39 is 5.41 Å². The first-order valence-electron chi connectivity index (χ1n) is 21.3. The number of fused-ring (bicyclic) bond motifs is 13. The monoisotopic (exact) mass is 797 g/mol. The van der Waals surface area contributed by atoms with Crippen LogP contribution in [0.4, 0.5) is 17.1 Å². The zero-order valence-corrected chi connectivity index (χ0v) is 35.3. The fraction of sp³-hybridized carbons (Fsp3) is 0.0847. The van der Waals surface area contributed by atoms with Crippen molar-refractivity contribution in [3.8, 4) is 44.5 Å². The van der Waals surface area contributed by atoms with E-state index in [-0.39, 0.29) is 5.41 Å². The van der Waals surface area contributed by atoms with E-state index in [0.29, 0.717) is 0 Å². The summed E-state index contributed by atoms with van der Waals surface area (Å²) in [6.45, 7) is 7.06. The number of rotatable bonds is 5. The van der Waals surface area contributed by atoms with Gasteiger partial charge >= 0.3 is 0 Å². The highest BCUT2D eigenvalue weighted by Crippen LogP contribution is 2.65. The molecule has 0 N–H and O–H groups in total. The minimum atomic E-state index is -0.455. The average Bonchev–Trinajstić information content (AvgIpc) is 3.94. The van der Waals surface area contributed by atoms with Gasteiger partial charge in [0.05, 0.1) is 11.1 Å². The predicted molar refractivity (Wildman–Crippen MR) is 260 cm³/mol. The summed E-state index contributed by atoms with van der Waals surface area (Å²) in [4.78, 5) is 2.52. The lowest BCUT2D eigenvalue weighted by Gasteiger charge is -2.34. The highest BCUT2D eigenvalue weighted by atomic mass is 32.1. The molecule has 1 aromatic heterocycles. The summed E-state index contributed by atoms with van der Waals surface area (Å²) in [6.07, 6.45) is 0. The van der Waals surface area contributed by atoms with Gasteiger partial charge in [0.1, 0.15) is 0 Å². The van der Waals surface area contributed by atoms with Gasteiger partial charge in [-0.2, -0.15) is 0 Å². The lowest BCUT2D eigenvalue weighted by molar-refractivity contribution is 0.588. The van der Waals surface area contributed by atoms with Gasteiger partial charge in [-0.25, -0.2) is 0 Å². The normalized spacial score (nSPS) is 13.3. The second kappa shape index (κ2) is 13.5. The third-order valence-electron chi connectivity index (χ3n) is 13.3. The van der Waals surface area contributed by atoms with Crippen LogP contribution in [0.15, 0.2) is 206 Å². The van der Waals surface area contributed by atoms with Crippen LogP contribution in [0, 0.1) is 0 Å². The summed E-state index contributed by atoms with van der Waals surface area (Å²) < 4.78 is 2.64. The smallest absolute Gasteiger partial charge is 0.0726 e. The Morgan fingerprint density at radius 3 is 1.57 bits per heavy atom. The van der Waals surface area contributed by atoms with Crippen molar-refractivity contribution in [2.75, 3.05) is 4.90 Å². The van der Waals surface area contributed by atoms with Crippen LogP contribution < -0.4 is 4.90 Å². The SMILES string of the molecule is CC(C)(C)c1cc(N(c2ccc(-c3ccccc3)cc2)c2ccc(-c3cccc4sc5ccccc5c34)cc2)c2c(c1)C1(c3ccccc3-c3ccccc31)c1ccccc1-2. The molecule has 0 bridgehead atoms. The maximum Gasteiger partial charge on any atom is 0.0726 e. The van der Waals surface area contributed by atoms with Crippen molar-refractivity contribution in [2.24, 2.45) is 0 Å². The van der Waals surface area contributed by atoms with Crippen LogP contribution in [0.2, 0.25) is 0 Å². The third kappa shape index (κ3) is 5.32. The number of nitrogens with zero attached hydrogens (tertiary/aromatic N) is 1. The van der Waals surface area contributed by atoms with E-state index >= 15 is 0 Å². The largest absolute Gasteiger partial charge is 0.310 e. The van der Waals surface area contributed by atoms with E-state index in [4.69, 9.17) is 0 Å². The lowest BCUT2D eigenvalue weighted by Crippen LogP contribution is -2.27. The molecule has 12 rings (SSSR count). The molecule has 290 valence electrons. The second-order valence-corrected chi connectivity index (χ2v) is 18.7. The van der Waals surface area contributed by atoms with E-state index in [1.165, 1.54) is 98.2 Å². The van der Waals surface area contributed by atoms with Crippen LogP contribution in [-0.4, -0.2) is 0 Å². The number of anilines is 3. The first kappa shape index (κ1) is 35.9. The molecule has 0 aliphatic heterocycles. The highest BCUT2D eigenvalue weighted by molar-refractivity contribution is 7.25. The van der Waals surface area contributed by atoms with Gasteiger partial charge in [0.25, 0.3) is 0 Å². The van der Waals surface area contributed by atoms with Gasteiger partial charge in [-0.15, -0.1) is 11.3 Å². The van der Waals surface area contributed by atoms with E-state index in [0.717, 1.165) is 11.4 Å². The zero-order chi connectivity index (χ0) is 40.9. The standard InChI is InChI=1S/C59H43NS/c1-58(2,3)41-36-52-57(47-20-9-13-25-51(47)59(52)49-23-11-7-18-45(49)46-19-8-12-24-50(46)59)53(37-41)60(42-32-28-39(29-33-42)38-16-5-4-6-17-38)43-34-30-40(31-35-43)44-22-15-27-55-56(44)48-21-10-14-26-54(48)61-55/h4-37H,1-3H3. The predicted octanol–water partition coefficient (Wildman–Crippen LogP) is 16.5. The average molecular weight is 798 g/mol. The van der Waals surface area contributed by atoms with E-state index in [1.54, 1.807) is 0 Å². The lowest BCUT2D eigenvalue weighted by atomic mass is 9.69. The quantitative estimate of drug-likeness (QED) is 0.168. The van der Waals surface area contributed by atoms with Crippen LogP contribution in [0.25, 0.3) is 64.7 Å². The van der Waals surface area contributed by atoms with Crippen molar-refractivity contribution in [1.82, 2.24) is 0 Å². The van der Waals surface area contributed by atoms with Crippen molar-refractivity contribution in [3.05, 3.63) is 234 Å². The van der Waals surface area contributed by atoms with Crippen molar-refractivity contribution >= 4 is 48.6 Å². The Kier molecular flexibility index (Phi) is 7.95. The maximum absolute atomic E-state index is 2.54. The maximum atomic E-state index is 2.54. The number of benzene rings is 9. The number of hydrogen-bond donors (Lipinski definition) is 0. The molecule has 0 radical (unpaired) electrons. The van der Waals surface area contributed by atoms with Gasteiger partial charge in [-0.05, 0) is 115 Å². The zero-order valence-electron chi connectivity index (χ0n) is 34.5. The van der Waals surface area contributed by atoms with Crippen molar-refractivity contribution in [1.29, 1.82) is 0 Å². The molecule has 2 heteroatoms. The molecule has 1 heterocycles. The van der Waals surface area contributed by atoms with Gasteiger partial charge in [0.15, 0.2) is 0 Å². The first-order chi connectivity index (χ1) is 29.9. The molecule has 10 aromatic rings. The van der Waals surface area contributed by atoms with Crippen LogP contribution in [0.1, 0.15) is 48.6 Å². The van der Waals surface area contributed by atoms with E-state index in [2.05, 4.69) is 232 Å². The van der Waals surface area contributed by atoms with Gasteiger partial charge < -0.3 is 4.90 Å². The molecule has 2 aliphatic carbocycles. The Labute approximate surface area is 361 Å². The molecule has 0 saturated carbocycles. The summed E-state index contributed by atoms with van der Waals surface area (Å²) in [5.74, 6) is 0. The Bertz CT molecular complexity index is 3280. The summed E-state index contributed by atoms with van der Waals surface area (Å²) >= 11 is 1.87. The molecular formula is C59H43NS. The van der Waals surface area contributed by atoms with Gasteiger partial charge in [0, 0.05) is 37.1 Å². The highest BCUT2D eigenvalue weighted by Gasteiger charge is 2.52. The third-order valence-corrected chi connectivity index (χ3v) is 14.4. The molecule has 0 unspecified atom stereocenters. The van der Waals surface area contributed by atoms with Gasteiger partial charge in [-0.1, -0.05) is 185 Å². The van der Waals surface area contributed by atoms with Crippen molar-refractivity contribution in [3.63, 3.8) is 0 Å². The fourth-order valence-electron chi connectivity index (χ4n) is 10.5. The Morgan fingerprint density at radius 1 is 0.410 bits per heavy atom. The topological polar surface area (TPSA) is 3.24 Å². The van der Waals surface area contributed by atoms with Crippen LogP contribution in [0.3, 0.4) is 0 Å². The Hall–Kier alpha value is -7.00. The summed E-state index contributed by atoms with van der Waals surface area (Å²) in [5, 5.41) is 2.65. The van der Waals surface area contributed by atoms with E-state index in [1.807, 2.05) is 11.3 Å². The minimum Gasteiger partial charge on any atom is -0.310 e. The minimum absolute atomic E-state index is 0.119. The van der Waals surface area contributed by atoms with Crippen molar-refractivity contribution in [2.45, 2.75) is 31.6 Å². The molecule has 1 nitrogen and oxygen atoms in total. The molecule has 0 amide bonds. The number of hydrogen-bond acceptors (Lipinski definition) is 2. The molecule has 0 atom stereocenters. The Balaban J connectivity index is 1.13. The molecule has 0 fully saturated rings. The number of thiophene rings is 1. The molecule has 1 spiro atoms. The Morgan fingerprint density at radius 2 is 0.918 bits per heavy atom. The molecule has 61 heavy (non-hydrogen) atoms. The first-order valence-corrected chi connectivity index (χ1v) is 22.2. The summed E-state index contributed by atoms with van der Waals surface area (Å²) in [6, 6.07) is 77.2. The van der Waals surface area contributed by atoms with Gasteiger partial charge in [-0.3, -0.25) is 0 Å². The summed E-state index contributed by atoms with van der Waals surface area (Å²) in [5.41, 5.74) is 19.7. The molecule has 2 aliphatic rings. The second-order valence-electron chi connectivity index (χ2n) is 17.6. The molecule has 0 saturated heterocycles. The molecule has 9 aromatic carbocycles. The summed E-state index contributed by atoms with van der Waals surface area (Å²) in [7, 11) is 0.